The Hall–Kier alpha value is -3.12. The second-order valence-electron chi connectivity index (χ2n) is 5.86. The summed E-state index contributed by atoms with van der Waals surface area (Å²) in [4.78, 5) is 38.0. The van der Waals surface area contributed by atoms with Crippen molar-refractivity contribution >= 4 is 41.2 Å². The lowest BCUT2D eigenvalue weighted by Crippen LogP contribution is -2.54. The summed E-state index contributed by atoms with van der Waals surface area (Å²) in [6.07, 6.45) is 2.33. The molecule has 6 nitrogen and oxygen atoms in total. The zero-order valence-corrected chi connectivity index (χ0v) is 15.3. The molecular weight excluding hydrogens is 368 g/mol. The Balaban J connectivity index is 1.90. The molecule has 138 valence electrons. The molecule has 7 heteroatoms. The summed E-state index contributed by atoms with van der Waals surface area (Å²) >= 11 is 5.94. The quantitative estimate of drug-likeness (QED) is 0.628. The van der Waals surface area contributed by atoms with Crippen LogP contribution in [0.4, 0.5) is 10.5 Å². The van der Waals surface area contributed by atoms with Crippen LogP contribution in [0.25, 0.3) is 6.08 Å². The first-order valence-electron chi connectivity index (χ1n) is 8.39. The van der Waals surface area contributed by atoms with Crippen molar-refractivity contribution in [3.8, 4) is 5.75 Å². The van der Waals surface area contributed by atoms with Crippen LogP contribution in [0.3, 0.4) is 0 Å². The van der Waals surface area contributed by atoms with E-state index >= 15 is 0 Å². The largest absolute Gasteiger partial charge is 0.494 e. The number of anilines is 1. The van der Waals surface area contributed by atoms with Crippen molar-refractivity contribution in [3.63, 3.8) is 0 Å². The third-order valence-corrected chi connectivity index (χ3v) is 4.07. The van der Waals surface area contributed by atoms with Gasteiger partial charge in [-0.25, -0.2) is 9.69 Å². The van der Waals surface area contributed by atoms with E-state index in [1.54, 1.807) is 42.5 Å². The molecule has 1 saturated heterocycles. The number of halogens is 1. The molecule has 1 aliphatic rings. The molecule has 0 spiro atoms. The van der Waals surface area contributed by atoms with Gasteiger partial charge in [0.1, 0.15) is 11.3 Å². The lowest BCUT2D eigenvalue weighted by Gasteiger charge is -2.26. The predicted octanol–water partition coefficient (Wildman–Crippen LogP) is 3.80. The summed E-state index contributed by atoms with van der Waals surface area (Å²) in [5.74, 6) is -0.749. The SMILES string of the molecule is CCCOc1ccc(/C=C2\C(=O)NC(=O)N(c3cccc(Cl)c3)C2=O)cc1. The third kappa shape index (κ3) is 4.17. The van der Waals surface area contributed by atoms with Gasteiger partial charge in [-0.05, 0) is 48.4 Å². The highest BCUT2D eigenvalue weighted by Crippen LogP contribution is 2.24. The molecule has 1 fully saturated rings. The van der Waals surface area contributed by atoms with Crippen LogP contribution >= 0.6 is 11.6 Å². The van der Waals surface area contributed by atoms with Crippen molar-refractivity contribution in [1.82, 2.24) is 5.32 Å². The number of amides is 4. The first-order chi connectivity index (χ1) is 13.0. The van der Waals surface area contributed by atoms with E-state index in [9.17, 15) is 14.4 Å². The van der Waals surface area contributed by atoms with Gasteiger partial charge in [-0.3, -0.25) is 14.9 Å². The second-order valence-corrected chi connectivity index (χ2v) is 6.29. The number of ether oxygens (including phenoxy) is 1. The molecule has 3 rings (SSSR count). The van der Waals surface area contributed by atoms with Gasteiger partial charge in [-0.2, -0.15) is 0 Å². The Morgan fingerprint density at radius 3 is 2.52 bits per heavy atom. The standard InChI is InChI=1S/C20H17ClN2O4/c1-2-10-27-16-8-6-13(7-9-16)11-17-18(24)22-20(26)23(19(17)25)15-5-3-4-14(21)12-15/h3-9,11-12H,2,10H2,1H3,(H,22,24,26)/b17-11+. The number of carbonyl (C=O) groups excluding carboxylic acids is 3. The van der Waals surface area contributed by atoms with Crippen molar-refractivity contribution in [2.45, 2.75) is 13.3 Å². The van der Waals surface area contributed by atoms with Crippen molar-refractivity contribution in [2.75, 3.05) is 11.5 Å². The molecular formula is C20H17ClN2O4. The summed E-state index contributed by atoms with van der Waals surface area (Å²) in [5.41, 5.74) is 0.779. The van der Waals surface area contributed by atoms with E-state index < -0.39 is 17.8 Å². The van der Waals surface area contributed by atoms with Crippen molar-refractivity contribution < 1.29 is 19.1 Å². The zero-order chi connectivity index (χ0) is 19.4. The topological polar surface area (TPSA) is 75.7 Å². The molecule has 0 radical (unpaired) electrons. The maximum absolute atomic E-state index is 12.8. The normalized spacial score (nSPS) is 15.9. The number of urea groups is 1. The monoisotopic (exact) mass is 384 g/mol. The highest BCUT2D eigenvalue weighted by Gasteiger charge is 2.36. The van der Waals surface area contributed by atoms with E-state index in [0.29, 0.717) is 22.9 Å². The number of imide groups is 2. The van der Waals surface area contributed by atoms with E-state index in [4.69, 9.17) is 16.3 Å². The molecule has 0 bridgehead atoms. The molecule has 0 unspecified atom stereocenters. The summed E-state index contributed by atoms with van der Waals surface area (Å²) in [7, 11) is 0. The number of hydrogen-bond donors (Lipinski definition) is 1. The number of nitrogens with one attached hydrogen (secondary N) is 1. The van der Waals surface area contributed by atoms with Gasteiger partial charge < -0.3 is 4.74 Å². The fraction of sp³-hybridized carbons (Fsp3) is 0.150. The van der Waals surface area contributed by atoms with E-state index in [0.717, 1.165) is 11.3 Å². The number of nitrogens with zero attached hydrogens (tertiary/aromatic N) is 1. The van der Waals surface area contributed by atoms with Crippen LogP contribution in [0.1, 0.15) is 18.9 Å². The van der Waals surface area contributed by atoms with Crippen LogP contribution in [0.5, 0.6) is 5.75 Å². The zero-order valence-electron chi connectivity index (χ0n) is 14.6. The van der Waals surface area contributed by atoms with E-state index in [1.807, 2.05) is 6.92 Å². The van der Waals surface area contributed by atoms with Gasteiger partial charge in [-0.1, -0.05) is 36.7 Å². The molecule has 0 aromatic heterocycles. The maximum atomic E-state index is 12.8. The lowest BCUT2D eigenvalue weighted by molar-refractivity contribution is -0.122. The number of benzene rings is 2. The molecule has 2 aromatic carbocycles. The van der Waals surface area contributed by atoms with E-state index in [-0.39, 0.29) is 11.3 Å². The summed E-state index contributed by atoms with van der Waals surface area (Å²) in [6, 6.07) is 12.5. The molecule has 0 atom stereocenters. The minimum atomic E-state index is -0.812. The third-order valence-electron chi connectivity index (χ3n) is 3.83. The second kappa shape index (κ2) is 8.05. The summed E-state index contributed by atoms with van der Waals surface area (Å²) in [6.45, 7) is 2.62. The Kier molecular flexibility index (Phi) is 5.57. The van der Waals surface area contributed by atoms with Gasteiger partial charge in [0.25, 0.3) is 11.8 Å². The van der Waals surface area contributed by atoms with Crippen LogP contribution in [0, 0.1) is 0 Å². The van der Waals surface area contributed by atoms with Crippen molar-refractivity contribution in [1.29, 1.82) is 0 Å². The maximum Gasteiger partial charge on any atom is 0.335 e. The highest BCUT2D eigenvalue weighted by atomic mass is 35.5. The molecule has 1 heterocycles. The van der Waals surface area contributed by atoms with Crippen LogP contribution in [0.15, 0.2) is 54.1 Å². The highest BCUT2D eigenvalue weighted by molar-refractivity contribution is 6.39. The minimum Gasteiger partial charge on any atom is -0.494 e. The van der Waals surface area contributed by atoms with Crippen molar-refractivity contribution in [3.05, 3.63) is 64.7 Å². The number of hydrogen-bond acceptors (Lipinski definition) is 4. The first kappa shape index (κ1) is 18.7. The summed E-state index contributed by atoms with van der Waals surface area (Å²) < 4.78 is 5.51. The number of barbiturate groups is 1. The number of rotatable bonds is 5. The average Bonchev–Trinajstić information content (AvgIpc) is 2.64. The Morgan fingerprint density at radius 1 is 1.11 bits per heavy atom. The molecule has 2 aromatic rings. The first-order valence-corrected chi connectivity index (χ1v) is 8.77. The van der Waals surface area contributed by atoms with Crippen LogP contribution in [-0.2, 0) is 9.59 Å². The Labute approximate surface area is 161 Å². The number of carbonyl (C=O) groups is 3. The van der Waals surface area contributed by atoms with Crippen LogP contribution in [-0.4, -0.2) is 24.5 Å². The Bertz CT molecular complexity index is 922. The van der Waals surface area contributed by atoms with Gasteiger partial charge in [0.2, 0.25) is 0 Å². The lowest BCUT2D eigenvalue weighted by atomic mass is 10.1. The fourth-order valence-corrected chi connectivity index (χ4v) is 2.74. The molecule has 4 amide bonds. The van der Waals surface area contributed by atoms with Crippen LogP contribution in [0.2, 0.25) is 5.02 Å². The molecule has 1 aliphatic heterocycles. The summed E-state index contributed by atoms with van der Waals surface area (Å²) in [5, 5.41) is 2.55. The molecule has 27 heavy (non-hydrogen) atoms. The van der Waals surface area contributed by atoms with Gasteiger partial charge in [0.15, 0.2) is 0 Å². The van der Waals surface area contributed by atoms with Crippen LogP contribution < -0.4 is 15.0 Å². The van der Waals surface area contributed by atoms with Crippen molar-refractivity contribution in [2.24, 2.45) is 0 Å². The van der Waals surface area contributed by atoms with Gasteiger partial charge >= 0.3 is 6.03 Å². The molecule has 0 aliphatic carbocycles. The van der Waals surface area contributed by atoms with Gasteiger partial charge in [-0.15, -0.1) is 0 Å². The smallest absolute Gasteiger partial charge is 0.335 e. The Morgan fingerprint density at radius 2 is 1.85 bits per heavy atom. The van der Waals surface area contributed by atoms with Gasteiger partial charge in [0.05, 0.1) is 12.3 Å². The molecule has 1 N–H and O–H groups in total. The minimum absolute atomic E-state index is 0.142. The fourth-order valence-electron chi connectivity index (χ4n) is 2.55. The van der Waals surface area contributed by atoms with E-state index in [1.165, 1.54) is 12.1 Å². The average molecular weight is 385 g/mol. The van der Waals surface area contributed by atoms with E-state index in [2.05, 4.69) is 5.32 Å². The molecule has 0 saturated carbocycles. The predicted molar refractivity (Wildman–Crippen MR) is 103 cm³/mol. The van der Waals surface area contributed by atoms with Gasteiger partial charge in [0, 0.05) is 5.02 Å².